The zero-order chi connectivity index (χ0) is 10.4. The molecule has 4 heteroatoms. The molecule has 0 fully saturated rings. The van der Waals surface area contributed by atoms with Gasteiger partial charge in [0.2, 0.25) is 5.91 Å². The van der Waals surface area contributed by atoms with E-state index in [1.165, 1.54) is 0 Å². The molecule has 0 saturated heterocycles. The van der Waals surface area contributed by atoms with Gasteiger partial charge in [0.25, 0.3) is 0 Å². The van der Waals surface area contributed by atoms with Gasteiger partial charge in [-0.25, -0.2) is 0 Å². The fourth-order valence-corrected chi connectivity index (χ4v) is 1.21. The molecule has 4 nitrogen and oxygen atoms in total. The predicted octanol–water partition coefficient (Wildman–Crippen LogP) is 0.285. The number of amides is 1. The highest BCUT2D eigenvalue weighted by atomic mass is 16.1. The Bertz CT molecular complexity index is 368. The minimum absolute atomic E-state index is 0.195. The van der Waals surface area contributed by atoms with Crippen LogP contribution in [0.5, 0.6) is 0 Å². The van der Waals surface area contributed by atoms with Gasteiger partial charge in [0.05, 0.1) is 6.42 Å². The average Bonchev–Trinajstić information content (AvgIpc) is 2.19. The average molecular weight is 189 g/mol. The van der Waals surface area contributed by atoms with Crippen LogP contribution in [0.3, 0.4) is 0 Å². The number of hydrogen-bond acceptors (Lipinski definition) is 3. The van der Waals surface area contributed by atoms with Crippen molar-refractivity contribution in [2.75, 3.05) is 0 Å². The Balaban J connectivity index is 2.76. The van der Waals surface area contributed by atoms with Gasteiger partial charge in [-0.3, -0.25) is 10.1 Å². The number of benzene rings is 1. The fraction of sp³-hybridized carbons (Fsp3) is 0.200. The first kappa shape index (κ1) is 10.2. The van der Waals surface area contributed by atoms with E-state index in [0.717, 1.165) is 11.1 Å². The molecule has 0 unspecified atom stereocenters. The van der Waals surface area contributed by atoms with Gasteiger partial charge in [0.1, 0.15) is 0 Å². The van der Waals surface area contributed by atoms with E-state index in [-0.39, 0.29) is 12.3 Å². The molecular formula is C10H11N3O. The quantitative estimate of drug-likeness (QED) is 0.529. The zero-order valence-electron chi connectivity index (χ0n) is 7.66. The molecule has 3 N–H and O–H groups in total. The number of carbonyl (C=O) groups is 1. The van der Waals surface area contributed by atoms with Crippen molar-refractivity contribution in [3.63, 3.8) is 0 Å². The monoisotopic (exact) mass is 189 g/mol. The van der Waals surface area contributed by atoms with E-state index in [2.05, 4.69) is 5.32 Å². The largest absolute Gasteiger partial charge is 0.326 e. The lowest BCUT2D eigenvalue weighted by Gasteiger charge is -2.05. The van der Waals surface area contributed by atoms with Crippen molar-refractivity contribution in [3.05, 3.63) is 35.4 Å². The summed E-state index contributed by atoms with van der Waals surface area (Å²) in [7, 11) is 0. The third-order valence-corrected chi connectivity index (χ3v) is 1.88. The molecule has 1 aromatic rings. The zero-order valence-corrected chi connectivity index (χ0v) is 7.66. The van der Waals surface area contributed by atoms with Crippen LogP contribution in [0.4, 0.5) is 0 Å². The van der Waals surface area contributed by atoms with Gasteiger partial charge in [-0.15, -0.1) is 0 Å². The van der Waals surface area contributed by atoms with Gasteiger partial charge in [-0.2, -0.15) is 5.26 Å². The van der Waals surface area contributed by atoms with Crippen LogP contribution in [-0.2, 0) is 17.8 Å². The lowest BCUT2D eigenvalue weighted by atomic mass is 10.0. The topological polar surface area (TPSA) is 78.9 Å². The van der Waals surface area contributed by atoms with Crippen molar-refractivity contribution in [2.45, 2.75) is 13.0 Å². The van der Waals surface area contributed by atoms with E-state index in [1.54, 1.807) is 6.19 Å². The van der Waals surface area contributed by atoms with Crippen LogP contribution in [0, 0.1) is 11.5 Å². The first-order valence-corrected chi connectivity index (χ1v) is 4.22. The van der Waals surface area contributed by atoms with Crippen LogP contribution in [0.2, 0.25) is 0 Å². The maximum Gasteiger partial charge on any atom is 0.237 e. The van der Waals surface area contributed by atoms with Crippen LogP contribution < -0.4 is 11.1 Å². The molecule has 0 radical (unpaired) electrons. The highest BCUT2D eigenvalue weighted by molar-refractivity contribution is 5.80. The lowest BCUT2D eigenvalue weighted by molar-refractivity contribution is -0.119. The Labute approximate surface area is 82.3 Å². The Morgan fingerprint density at radius 1 is 1.43 bits per heavy atom. The number of nitriles is 1. The van der Waals surface area contributed by atoms with E-state index in [0.29, 0.717) is 6.54 Å². The summed E-state index contributed by atoms with van der Waals surface area (Å²) < 4.78 is 0. The van der Waals surface area contributed by atoms with Crippen molar-refractivity contribution >= 4 is 5.91 Å². The molecule has 1 rings (SSSR count). The third-order valence-electron chi connectivity index (χ3n) is 1.88. The summed E-state index contributed by atoms with van der Waals surface area (Å²) >= 11 is 0. The molecule has 0 spiro atoms. The van der Waals surface area contributed by atoms with E-state index < -0.39 is 0 Å². The number of nitrogens with two attached hydrogens (primary N) is 1. The molecule has 0 bridgehead atoms. The van der Waals surface area contributed by atoms with Crippen LogP contribution >= 0.6 is 0 Å². The van der Waals surface area contributed by atoms with Gasteiger partial charge in [-0.05, 0) is 11.1 Å². The van der Waals surface area contributed by atoms with E-state index in [1.807, 2.05) is 24.3 Å². The van der Waals surface area contributed by atoms with Crippen LogP contribution in [-0.4, -0.2) is 5.91 Å². The van der Waals surface area contributed by atoms with E-state index >= 15 is 0 Å². The van der Waals surface area contributed by atoms with Crippen molar-refractivity contribution in [3.8, 4) is 6.19 Å². The van der Waals surface area contributed by atoms with Crippen molar-refractivity contribution < 1.29 is 4.79 Å². The summed E-state index contributed by atoms with van der Waals surface area (Å²) in [6.45, 7) is 0.399. The van der Waals surface area contributed by atoms with Gasteiger partial charge >= 0.3 is 0 Å². The van der Waals surface area contributed by atoms with Crippen LogP contribution in [0.15, 0.2) is 24.3 Å². The number of nitrogens with zero attached hydrogens (tertiary/aromatic N) is 1. The highest BCUT2D eigenvalue weighted by Crippen LogP contribution is 2.08. The molecule has 14 heavy (non-hydrogen) atoms. The predicted molar refractivity (Wildman–Crippen MR) is 51.8 cm³/mol. The molecule has 72 valence electrons. The summed E-state index contributed by atoms with van der Waals surface area (Å²) in [5.41, 5.74) is 7.30. The second-order valence-electron chi connectivity index (χ2n) is 2.81. The SMILES string of the molecule is N#CNC(=O)Cc1ccccc1CN. The molecule has 0 saturated carbocycles. The van der Waals surface area contributed by atoms with Crippen molar-refractivity contribution in [1.82, 2.24) is 5.32 Å². The van der Waals surface area contributed by atoms with E-state index in [9.17, 15) is 4.79 Å². The minimum atomic E-state index is -0.312. The standard InChI is InChI=1S/C10H11N3O/c11-6-9-4-2-1-3-8(9)5-10(14)13-7-12/h1-4H,5-6,11H2,(H,13,14). The Hall–Kier alpha value is -1.86. The van der Waals surface area contributed by atoms with Gasteiger partial charge in [0, 0.05) is 6.54 Å². The molecule has 0 aromatic heterocycles. The summed E-state index contributed by atoms with van der Waals surface area (Å²) in [4.78, 5) is 11.1. The smallest absolute Gasteiger partial charge is 0.237 e. The minimum Gasteiger partial charge on any atom is -0.326 e. The Morgan fingerprint density at radius 3 is 2.64 bits per heavy atom. The first-order chi connectivity index (χ1) is 6.77. The van der Waals surface area contributed by atoms with E-state index in [4.69, 9.17) is 11.0 Å². The maximum absolute atomic E-state index is 11.1. The number of carbonyl (C=O) groups excluding carboxylic acids is 1. The number of rotatable bonds is 3. The van der Waals surface area contributed by atoms with Crippen LogP contribution in [0.25, 0.3) is 0 Å². The van der Waals surface area contributed by atoms with Crippen molar-refractivity contribution in [2.24, 2.45) is 5.73 Å². The van der Waals surface area contributed by atoms with Gasteiger partial charge in [-0.1, -0.05) is 24.3 Å². The second kappa shape index (κ2) is 5.00. The number of nitrogens with one attached hydrogen (secondary N) is 1. The molecule has 0 aliphatic rings. The normalized spacial score (nSPS) is 9.14. The highest BCUT2D eigenvalue weighted by Gasteiger charge is 2.05. The second-order valence-corrected chi connectivity index (χ2v) is 2.81. The molecule has 0 aliphatic carbocycles. The number of hydrogen-bond donors (Lipinski definition) is 2. The summed E-state index contributed by atoms with van der Waals surface area (Å²) in [6, 6.07) is 7.41. The van der Waals surface area contributed by atoms with Gasteiger partial charge < -0.3 is 5.73 Å². The molecule has 0 atom stereocenters. The summed E-state index contributed by atoms with van der Waals surface area (Å²) in [6.07, 6.45) is 1.79. The lowest BCUT2D eigenvalue weighted by Crippen LogP contribution is -2.20. The third kappa shape index (κ3) is 2.57. The molecule has 0 heterocycles. The van der Waals surface area contributed by atoms with Gasteiger partial charge in [0.15, 0.2) is 6.19 Å². The van der Waals surface area contributed by atoms with Crippen LogP contribution in [0.1, 0.15) is 11.1 Å². The molecule has 1 amide bonds. The maximum atomic E-state index is 11.1. The molecule has 0 aliphatic heterocycles. The van der Waals surface area contributed by atoms with Crippen molar-refractivity contribution in [1.29, 1.82) is 5.26 Å². The first-order valence-electron chi connectivity index (χ1n) is 4.22. The summed E-state index contributed by atoms with van der Waals surface area (Å²) in [5.74, 6) is -0.312. The Kier molecular flexibility index (Phi) is 3.65. The molecular weight excluding hydrogens is 178 g/mol. The molecule has 1 aromatic carbocycles. The fourth-order valence-electron chi connectivity index (χ4n) is 1.21. The Morgan fingerprint density at radius 2 is 2.07 bits per heavy atom. The summed E-state index contributed by atoms with van der Waals surface area (Å²) in [5, 5.41) is 10.3.